The number of unbranched alkanes of at least 4 members (excludes halogenated alkanes) is 2. The molecule has 0 spiro atoms. The fraction of sp³-hybridized carbons (Fsp3) is 1.00. The Morgan fingerprint density at radius 3 is 1.65 bits per heavy atom. The van der Waals surface area contributed by atoms with E-state index in [1.54, 1.807) is 6.92 Å². The molecule has 0 fully saturated rings. The van der Waals surface area contributed by atoms with Gasteiger partial charge in [0.1, 0.15) is 0 Å². The smallest absolute Gasteiger partial charge is 0.331 e. The highest BCUT2D eigenvalue weighted by Crippen LogP contribution is 2.56. The van der Waals surface area contributed by atoms with Crippen LogP contribution >= 0.6 is 7.60 Å². The minimum atomic E-state index is -3.95. The molecule has 0 bridgehead atoms. The highest BCUT2D eigenvalue weighted by atomic mass is 31.2. The van der Waals surface area contributed by atoms with Gasteiger partial charge in [-0.1, -0.05) is 40.0 Å². The lowest BCUT2D eigenvalue weighted by Gasteiger charge is -2.32. The minimum absolute atomic E-state index is 0.250. The summed E-state index contributed by atoms with van der Waals surface area (Å²) in [4.78, 5) is 18.7. The Kier molecular flexibility index (Phi) is 11.5. The van der Waals surface area contributed by atoms with Crippen molar-refractivity contribution in [2.45, 2.75) is 71.4 Å². The number of aliphatic hydroxyl groups excluding tert-OH is 1. The van der Waals surface area contributed by atoms with Crippen LogP contribution in [-0.4, -0.2) is 26.7 Å². The zero-order valence-corrected chi connectivity index (χ0v) is 12.5. The summed E-state index contributed by atoms with van der Waals surface area (Å²) in [5.41, 5.74) is 0. The molecule has 0 aliphatic heterocycles. The summed E-state index contributed by atoms with van der Waals surface area (Å²) < 4.78 is 11.4. The maximum atomic E-state index is 11.4. The SMILES string of the molecule is CCCCCC(CC)(CC)P(=O)(O)O.CCO. The van der Waals surface area contributed by atoms with Crippen LogP contribution in [0.4, 0.5) is 0 Å². The van der Waals surface area contributed by atoms with E-state index in [0.29, 0.717) is 19.3 Å². The predicted molar refractivity (Wildman–Crippen MR) is 72.3 cm³/mol. The fourth-order valence-electron chi connectivity index (χ4n) is 1.87. The number of rotatable bonds is 7. The van der Waals surface area contributed by atoms with Gasteiger partial charge < -0.3 is 14.9 Å². The Labute approximate surface area is 106 Å². The van der Waals surface area contributed by atoms with Crippen LogP contribution in [0.5, 0.6) is 0 Å². The highest BCUT2D eigenvalue weighted by Gasteiger charge is 2.42. The molecule has 0 rings (SSSR count). The molecule has 0 aliphatic carbocycles. The third kappa shape index (κ3) is 7.20. The van der Waals surface area contributed by atoms with Gasteiger partial charge in [0.05, 0.1) is 5.16 Å². The molecule has 5 heteroatoms. The number of hydrogen-bond acceptors (Lipinski definition) is 2. The molecule has 0 heterocycles. The van der Waals surface area contributed by atoms with Crippen molar-refractivity contribution in [1.29, 1.82) is 0 Å². The molecule has 0 aliphatic rings. The van der Waals surface area contributed by atoms with Crippen LogP contribution in [0.1, 0.15) is 66.2 Å². The Balaban J connectivity index is 0. The summed E-state index contributed by atoms with van der Waals surface area (Å²) >= 11 is 0. The molecule has 0 aromatic rings. The lowest BCUT2D eigenvalue weighted by atomic mass is 9.95. The van der Waals surface area contributed by atoms with Crippen molar-refractivity contribution in [2.75, 3.05) is 6.61 Å². The van der Waals surface area contributed by atoms with Crippen LogP contribution in [0.25, 0.3) is 0 Å². The van der Waals surface area contributed by atoms with Gasteiger partial charge in [-0.3, -0.25) is 4.57 Å². The van der Waals surface area contributed by atoms with E-state index in [4.69, 9.17) is 5.11 Å². The van der Waals surface area contributed by atoms with Crippen LogP contribution in [0.15, 0.2) is 0 Å². The summed E-state index contributed by atoms with van der Waals surface area (Å²) in [6.45, 7) is 7.76. The largest absolute Gasteiger partial charge is 0.397 e. The molecule has 0 saturated heterocycles. The second kappa shape index (κ2) is 10.1. The molecule has 0 atom stereocenters. The number of hydrogen-bond donors (Lipinski definition) is 3. The zero-order chi connectivity index (χ0) is 13.9. The molecule has 17 heavy (non-hydrogen) atoms. The topological polar surface area (TPSA) is 77.8 Å². The molecule has 3 N–H and O–H groups in total. The van der Waals surface area contributed by atoms with Crippen LogP contribution in [0.3, 0.4) is 0 Å². The lowest BCUT2D eigenvalue weighted by Crippen LogP contribution is -2.27. The van der Waals surface area contributed by atoms with Gasteiger partial charge in [-0.25, -0.2) is 0 Å². The zero-order valence-electron chi connectivity index (χ0n) is 11.6. The van der Waals surface area contributed by atoms with Gasteiger partial charge >= 0.3 is 7.60 Å². The average Bonchev–Trinajstić information content (AvgIpc) is 2.24. The molecular formula is C12H29O4P. The van der Waals surface area contributed by atoms with Gasteiger partial charge in [-0.2, -0.15) is 0 Å². The third-order valence-electron chi connectivity index (χ3n) is 3.18. The summed E-state index contributed by atoms with van der Waals surface area (Å²) in [5.74, 6) is 0. The quantitative estimate of drug-likeness (QED) is 0.489. The first-order chi connectivity index (χ1) is 7.85. The molecular weight excluding hydrogens is 239 g/mol. The van der Waals surface area contributed by atoms with Gasteiger partial charge in [0.15, 0.2) is 0 Å². The molecule has 106 valence electrons. The van der Waals surface area contributed by atoms with Crippen molar-refractivity contribution in [3.8, 4) is 0 Å². The molecule has 0 aromatic heterocycles. The molecule has 0 amide bonds. The van der Waals surface area contributed by atoms with E-state index in [1.165, 1.54) is 0 Å². The van der Waals surface area contributed by atoms with Crippen LogP contribution in [0, 0.1) is 0 Å². The van der Waals surface area contributed by atoms with E-state index in [0.717, 1.165) is 19.3 Å². The number of aliphatic hydroxyl groups is 1. The van der Waals surface area contributed by atoms with Crippen LogP contribution in [-0.2, 0) is 4.57 Å². The van der Waals surface area contributed by atoms with E-state index in [-0.39, 0.29) is 6.61 Å². The first kappa shape index (κ1) is 19.4. The highest BCUT2D eigenvalue weighted by molar-refractivity contribution is 7.53. The summed E-state index contributed by atoms with van der Waals surface area (Å²) in [5, 5.41) is 6.81. The maximum Gasteiger partial charge on any atom is 0.331 e. The fourth-order valence-corrected chi connectivity index (χ4v) is 3.14. The lowest BCUT2D eigenvalue weighted by molar-refractivity contribution is 0.300. The van der Waals surface area contributed by atoms with Crippen molar-refractivity contribution in [1.82, 2.24) is 0 Å². The average molecular weight is 268 g/mol. The molecule has 0 saturated carbocycles. The van der Waals surface area contributed by atoms with E-state index in [1.807, 2.05) is 13.8 Å². The molecule has 0 unspecified atom stereocenters. The van der Waals surface area contributed by atoms with Crippen LogP contribution in [0.2, 0.25) is 0 Å². The van der Waals surface area contributed by atoms with E-state index < -0.39 is 12.8 Å². The van der Waals surface area contributed by atoms with E-state index in [2.05, 4.69) is 6.92 Å². The van der Waals surface area contributed by atoms with E-state index >= 15 is 0 Å². The first-order valence-electron chi connectivity index (χ1n) is 6.51. The molecule has 0 aromatic carbocycles. The van der Waals surface area contributed by atoms with Crippen LogP contribution < -0.4 is 0 Å². The molecule has 0 radical (unpaired) electrons. The second-order valence-electron chi connectivity index (χ2n) is 4.25. The van der Waals surface area contributed by atoms with Gasteiger partial charge in [-0.05, 0) is 26.2 Å². The Morgan fingerprint density at radius 1 is 1.00 bits per heavy atom. The summed E-state index contributed by atoms with van der Waals surface area (Å²) in [6, 6.07) is 0. The minimum Gasteiger partial charge on any atom is -0.397 e. The van der Waals surface area contributed by atoms with Gasteiger partial charge in [0.2, 0.25) is 0 Å². The Bertz CT molecular complexity index is 209. The Hall–Kier alpha value is 0.110. The second-order valence-corrected chi connectivity index (χ2v) is 6.29. The standard InChI is InChI=1S/C10H23O3P.C2H6O/c1-4-7-8-9-10(5-2,6-3)14(11,12)13;1-2-3/h4-9H2,1-3H3,(H2,11,12,13);3H,2H2,1H3. The van der Waals surface area contributed by atoms with Gasteiger partial charge in [-0.15, -0.1) is 0 Å². The van der Waals surface area contributed by atoms with Gasteiger partial charge in [0.25, 0.3) is 0 Å². The van der Waals surface area contributed by atoms with Crippen molar-refractivity contribution in [3.63, 3.8) is 0 Å². The van der Waals surface area contributed by atoms with Crippen molar-refractivity contribution in [2.24, 2.45) is 0 Å². The normalized spacial score (nSPS) is 11.9. The van der Waals surface area contributed by atoms with Gasteiger partial charge in [0, 0.05) is 6.61 Å². The van der Waals surface area contributed by atoms with Crippen molar-refractivity contribution >= 4 is 7.60 Å². The molecule has 4 nitrogen and oxygen atoms in total. The van der Waals surface area contributed by atoms with E-state index in [9.17, 15) is 14.4 Å². The monoisotopic (exact) mass is 268 g/mol. The predicted octanol–water partition coefficient (Wildman–Crippen LogP) is 3.30. The summed E-state index contributed by atoms with van der Waals surface area (Å²) in [6.07, 6.45) is 4.85. The van der Waals surface area contributed by atoms with Crippen molar-refractivity contribution in [3.05, 3.63) is 0 Å². The third-order valence-corrected chi connectivity index (χ3v) is 5.27. The van der Waals surface area contributed by atoms with Crippen molar-refractivity contribution < 1.29 is 19.5 Å². The Morgan fingerprint density at radius 2 is 1.41 bits per heavy atom. The summed E-state index contributed by atoms with van der Waals surface area (Å²) in [7, 11) is -3.95. The first-order valence-corrected chi connectivity index (χ1v) is 8.12. The maximum absolute atomic E-state index is 11.4.